The van der Waals surface area contributed by atoms with E-state index in [-0.39, 0.29) is 36.5 Å². The zero-order valence-electron chi connectivity index (χ0n) is 16.1. The van der Waals surface area contributed by atoms with Crippen LogP contribution in [0, 0.1) is 0 Å². The molecule has 2 saturated heterocycles. The molecule has 4 atom stereocenters. The highest BCUT2D eigenvalue weighted by atomic mass is 32.2. The second kappa shape index (κ2) is 10.8. The van der Waals surface area contributed by atoms with Crippen LogP contribution in [0.5, 0.6) is 0 Å². The van der Waals surface area contributed by atoms with Crippen LogP contribution < -0.4 is 10.6 Å². The number of carbonyl (C=O) groups is 3. The van der Waals surface area contributed by atoms with Gasteiger partial charge in [-0.15, -0.1) is 0 Å². The predicted octanol–water partition coefficient (Wildman–Crippen LogP) is 1.44. The molecule has 0 aliphatic carbocycles. The first-order valence-corrected chi connectivity index (χ1v) is 10.7. The topological polar surface area (TPSA) is 108 Å². The molecule has 0 aromatic rings. The lowest BCUT2D eigenvalue weighted by Crippen LogP contribution is -2.36. The molecule has 0 radical (unpaired) electrons. The summed E-state index contributed by atoms with van der Waals surface area (Å²) in [5, 5.41) is 15.0. The number of thioether (sulfide) groups is 1. The van der Waals surface area contributed by atoms with E-state index in [1.807, 2.05) is 18.7 Å². The molecule has 0 bridgehead atoms. The van der Waals surface area contributed by atoms with Crippen molar-refractivity contribution in [2.75, 3.05) is 26.0 Å². The van der Waals surface area contributed by atoms with E-state index in [9.17, 15) is 14.4 Å². The number of fused-ring (bicyclic) bond motifs is 1. The van der Waals surface area contributed by atoms with Gasteiger partial charge in [0.2, 0.25) is 5.91 Å². The third-order valence-electron chi connectivity index (χ3n) is 5.09. The largest absolute Gasteiger partial charge is 0.481 e. The van der Waals surface area contributed by atoms with E-state index in [0.717, 1.165) is 25.0 Å². The molecule has 2 fully saturated rings. The number of urea groups is 1. The number of carboxylic acids is 1. The number of rotatable bonds is 12. The first-order chi connectivity index (χ1) is 12.9. The molecular weight excluding hydrogens is 370 g/mol. The van der Waals surface area contributed by atoms with Crippen LogP contribution in [-0.2, 0) is 14.3 Å². The average Bonchev–Trinajstić information content (AvgIpc) is 3.16. The number of hydrogen-bond donors (Lipinski definition) is 3. The third-order valence-corrected chi connectivity index (χ3v) is 6.60. The van der Waals surface area contributed by atoms with E-state index < -0.39 is 5.97 Å². The molecule has 2 heterocycles. The molecule has 27 heavy (non-hydrogen) atoms. The Bertz CT molecular complexity index is 533. The van der Waals surface area contributed by atoms with Crippen LogP contribution in [0.15, 0.2) is 0 Å². The Morgan fingerprint density at radius 1 is 1.33 bits per heavy atom. The summed E-state index contributed by atoms with van der Waals surface area (Å²) in [5.41, 5.74) is 0. The van der Waals surface area contributed by atoms with Gasteiger partial charge in [-0.25, -0.2) is 4.79 Å². The van der Waals surface area contributed by atoms with Gasteiger partial charge >= 0.3 is 12.0 Å². The molecule has 0 saturated carbocycles. The van der Waals surface area contributed by atoms with Gasteiger partial charge in [-0.3, -0.25) is 9.59 Å². The molecule has 9 heteroatoms. The zero-order valence-corrected chi connectivity index (χ0v) is 16.9. The lowest BCUT2D eigenvalue weighted by Gasteiger charge is -2.20. The van der Waals surface area contributed by atoms with Crippen LogP contribution in [0.1, 0.15) is 45.4 Å². The highest BCUT2D eigenvalue weighted by molar-refractivity contribution is 8.00. The van der Waals surface area contributed by atoms with Gasteiger partial charge < -0.3 is 25.4 Å². The van der Waals surface area contributed by atoms with Crippen molar-refractivity contribution >= 4 is 29.7 Å². The fourth-order valence-corrected chi connectivity index (χ4v) is 4.92. The highest BCUT2D eigenvalue weighted by Crippen LogP contribution is 2.33. The second-order valence-electron chi connectivity index (χ2n) is 7.30. The summed E-state index contributed by atoms with van der Waals surface area (Å²) < 4.78 is 5.55. The van der Waals surface area contributed by atoms with Crippen molar-refractivity contribution in [3.05, 3.63) is 0 Å². The Morgan fingerprint density at radius 2 is 2.11 bits per heavy atom. The van der Waals surface area contributed by atoms with Gasteiger partial charge in [0.15, 0.2) is 0 Å². The average molecular weight is 402 g/mol. The number of aliphatic carboxylic acids is 1. The maximum Gasteiger partial charge on any atom is 0.315 e. The Hall–Kier alpha value is -1.48. The lowest BCUT2D eigenvalue weighted by molar-refractivity contribution is -0.137. The van der Waals surface area contributed by atoms with Crippen LogP contribution in [-0.4, -0.2) is 77.3 Å². The maximum atomic E-state index is 12.2. The quantitative estimate of drug-likeness (QED) is 0.337. The Kier molecular flexibility index (Phi) is 8.69. The number of likely N-dealkylation sites (N-methyl/N-ethyl adjacent to an activating group) is 1. The minimum absolute atomic E-state index is 0.0633. The van der Waals surface area contributed by atoms with E-state index in [2.05, 4.69) is 10.6 Å². The Morgan fingerprint density at radius 3 is 2.85 bits per heavy atom. The monoisotopic (exact) mass is 401 g/mol. The highest BCUT2D eigenvalue weighted by Gasteiger charge is 2.42. The maximum absolute atomic E-state index is 12.2. The fraction of sp³-hybridized carbons (Fsp3) is 0.833. The summed E-state index contributed by atoms with van der Waals surface area (Å²) in [7, 11) is 1.77. The third kappa shape index (κ3) is 7.21. The molecule has 8 nitrogen and oxygen atoms in total. The number of ether oxygens (including phenoxy) is 1. The van der Waals surface area contributed by atoms with Gasteiger partial charge in [-0.1, -0.05) is 6.42 Å². The van der Waals surface area contributed by atoms with E-state index in [1.54, 1.807) is 11.9 Å². The molecular formula is C18H31N3O5S. The van der Waals surface area contributed by atoms with Crippen LogP contribution in [0.2, 0.25) is 0 Å². The van der Waals surface area contributed by atoms with E-state index >= 15 is 0 Å². The minimum Gasteiger partial charge on any atom is -0.481 e. The molecule has 2 aliphatic rings. The standard InChI is InChI=1S/C18H31N3O5S/c1-12(7-8-16(23)24)26-10-9-21(2)15(22)6-4-3-5-14-17-13(11-27-14)19-18(25)20-17/h12-14,17H,3-11H2,1-2H3,(H,23,24)(H2,19,20,25)/t12?,13-,14-,17-/m0/s1. The predicted molar refractivity (Wildman–Crippen MR) is 104 cm³/mol. The van der Waals surface area contributed by atoms with Gasteiger partial charge in [0.1, 0.15) is 0 Å². The van der Waals surface area contributed by atoms with Crippen LogP contribution in [0.3, 0.4) is 0 Å². The zero-order chi connectivity index (χ0) is 19.8. The molecule has 154 valence electrons. The second-order valence-corrected chi connectivity index (χ2v) is 8.57. The van der Waals surface area contributed by atoms with Gasteiger partial charge in [0, 0.05) is 37.4 Å². The summed E-state index contributed by atoms with van der Waals surface area (Å²) in [6.45, 7) is 2.77. The molecule has 0 aromatic heterocycles. The van der Waals surface area contributed by atoms with Crippen molar-refractivity contribution in [3.63, 3.8) is 0 Å². The van der Waals surface area contributed by atoms with Gasteiger partial charge in [-0.2, -0.15) is 11.8 Å². The van der Waals surface area contributed by atoms with Crippen LogP contribution >= 0.6 is 11.8 Å². The smallest absolute Gasteiger partial charge is 0.315 e. The van der Waals surface area contributed by atoms with Gasteiger partial charge in [-0.05, 0) is 26.2 Å². The molecule has 3 amide bonds. The first-order valence-electron chi connectivity index (χ1n) is 9.63. The Balaban J connectivity index is 1.52. The summed E-state index contributed by atoms with van der Waals surface area (Å²) in [4.78, 5) is 35.7. The van der Waals surface area contributed by atoms with Crippen LogP contribution in [0.25, 0.3) is 0 Å². The summed E-state index contributed by atoms with van der Waals surface area (Å²) in [6, 6.07) is 0.408. The molecule has 0 spiro atoms. The number of nitrogens with one attached hydrogen (secondary N) is 2. The molecule has 3 N–H and O–H groups in total. The number of unbranched alkanes of at least 4 members (excludes halogenated alkanes) is 1. The minimum atomic E-state index is -0.823. The van der Waals surface area contributed by atoms with Crippen molar-refractivity contribution in [3.8, 4) is 0 Å². The van der Waals surface area contributed by atoms with Gasteiger partial charge in [0.25, 0.3) is 0 Å². The van der Waals surface area contributed by atoms with Crippen molar-refractivity contribution in [2.24, 2.45) is 0 Å². The molecule has 1 unspecified atom stereocenters. The fourth-order valence-electron chi connectivity index (χ4n) is 3.38. The first kappa shape index (κ1) is 21.8. The Labute approximate surface area is 164 Å². The SMILES string of the molecule is CC(CCC(=O)O)OCCN(C)C(=O)CCCC[C@@H]1SC[C@@H]2NC(=O)N[C@@H]21. The summed E-state index contributed by atoms with van der Waals surface area (Å²) in [6.07, 6.45) is 3.79. The van der Waals surface area contributed by atoms with Crippen molar-refractivity contribution in [1.29, 1.82) is 0 Å². The normalized spacial score (nSPS) is 24.8. The summed E-state index contributed by atoms with van der Waals surface area (Å²) >= 11 is 1.90. The molecule has 2 aliphatic heterocycles. The molecule has 0 aromatic carbocycles. The van der Waals surface area contributed by atoms with E-state index in [4.69, 9.17) is 9.84 Å². The van der Waals surface area contributed by atoms with Crippen molar-refractivity contribution in [2.45, 2.75) is 68.9 Å². The van der Waals surface area contributed by atoms with Gasteiger partial charge in [0.05, 0.1) is 24.8 Å². The lowest BCUT2D eigenvalue weighted by atomic mass is 10.0. The number of nitrogens with zero attached hydrogens (tertiary/aromatic N) is 1. The van der Waals surface area contributed by atoms with Crippen molar-refractivity contribution in [1.82, 2.24) is 15.5 Å². The van der Waals surface area contributed by atoms with E-state index in [0.29, 0.717) is 31.2 Å². The number of carbonyl (C=O) groups excluding carboxylic acids is 2. The van der Waals surface area contributed by atoms with Crippen molar-refractivity contribution < 1.29 is 24.2 Å². The number of hydrogen-bond acceptors (Lipinski definition) is 5. The number of amides is 3. The number of carboxylic acid groups (broad SMARTS) is 1. The van der Waals surface area contributed by atoms with Crippen LogP contribution in [0.4, 0.5) is 4.79 Å². The van der Waals surface area contributed by atoms with E-state index in [1.165, 1.54) is 0 Å². The summed E-state index contributed by atoms with van der Waals surface area (Å²) in [5.74, 6) is 0.237. The molecule has 2 rings (SSSR count).